The molecular formula is C13H16ClN3O. The Bertz CT molecular complexity index is 507. The molecule has 2 rings (SSSR count). The number of halogens is 1. The van der Waals surface area contributed by atoms with E-state index >= 15 is 0 Å². The average Bonchev–Trinajstić information content (AvgIpc) is 2.75. The minimum absolute atomic E-state index is 0.0758. The SMILES string of the molecule is CCCn1c(CO)nnc1Cc1ccc(Cl)cc1. The van der Waals surface area contributed by atoms with Gasteiger partial charge < -0.3 is 9.67 Å². The summed E-state index contributed by atoms with van der Waals surface area (Å²) in [7, 11) is 0. The summed E-state index contributed by atoms with van der Waals surface area (Å²) in [4.78, 5) is 0. The Kier molecular flexibility index (Phi) is 4.33. The fraction of sp³-hybridized carbons (Fsp3) is 0.385. The van der Waals surface area contributed by atoms with E-state index < -0.39 is 0 Å². The van der Waals surface area contributed by atoms with Gasteiger partial charge in [-0.05, 0) is 24.1 Å². The van der Waals surface area contributed by atoms with Gasteiger partial charge >= 0.3 is 0 Å². The van der Waals surface area contributed by atoms with Crippen LogP contribution in [0.3, 0.4) is 0 Å². The van der Waals surface area contributed by atoms with Gasteiger partial charge in [0, 0.05) is 18.0 Å². The molecule has 0 saturated carbocycles. The van der Waals surface area contributed by atoms with Crippen LogP contribution in [0.4, 0.5) is 0 Å². The number of hydrogen-bond acceptors (Lipinski definition) is 3. The molecule has 1 heterocycles. The van der Waals surface area contributed by atoms with Crippen LogP contribution in [0.2, 0.25) is 5.02 Å². The van der Waals surface area contributed by atoms with E-state index in [9.17, 15) is 5.11 Å². The van der Waals surface area contributed by atoms with Crippen LogP contribution >= 0.6 is 11.6 Å². The molecule has 1 N–H and O–H groups in total. The van der Waals surface area contributed by atoms with E-state index in [0.717, 1.165) is 29.4 Å². The average molecular weight is 266 g/mol. The standard InChI is InChI=1S/C13H16ClN3O/c1-2-7-17-12(15-16-13(17)9-18)8-10-3-5-11(14)6-4-10/h3-6,18H,2,7-9H2,1H3. The summed E-state index contributed by atoms with van der Waals surface area (Å²) in [6, 6.07) is 7.69. The Morgan fingerprint density at radius 2 is 1.83 bits per heavy atom. The van der Waals surface area contributed by atoms with Crippen molar-refractivity contribution in [3.8, 4) is 0 Å². The highest BCUT2D eigenvalue weighted by Crippen LogP contribution is 2.14. The summed E-state index contributed by atoms with van der Waals surface area (Å²) in [6.45, 7) is 2.84. The number of aliphatic hydroxyl groups excluding tert-OH is 1. The Hall–Kier alpha value is -1.39. The summed E-state index contributed by atoms with van der Waals surface area (Å²) >= 11 is 5.86. The molecule has 0 unspecified atom stereocenters. The molecule has 2 aromatic rings. The first-order valence-electron chi connectivity index (χ1n) is 6.00. The van der Waals surface area contributed by atoms with E-state index in [-0.39, 0.29) is 6.61 Å². The number of rotatable bonds is 5. The largest absolute Gasteiger partial charge is 0.388 e. The zero-order chi connectivity index (χ0) is 13.0. The van der Waals surface area contributed by atoms with Gasteiger partial charge in [0.2, 0.25) is 0 Å². The van der Waals surface area contributed by atoms with Crippen LogP contribution in [0.25, 0.3) is 0 Å². The fourth-order valence-corrected chi connectivity index (χ4v) is 2.01. The second kappa shape index (κ2) is 5.98. The minimum atomic E-state index is -0.0758. The molecule has 1 aromatic heterocycles. The number of aliphatic hydroxyl groups is 1. The van der Waals surface area contributed by atoms with E-state index in [1.165, 1.54) is 0 Å². The van der Waals surface area contributed by atoms with Crippen LogP contribution in [-0.2, 0) is 19.6 Å². The third-order valence-corrected chi connectivity index (χ3v) is 3.02. The van der Waals surface area contributed by atoms with Gasteiger partial charge in [-0.25, -0.2) is 0 Å². The second-order valence-electron chi connectivity index (χ2n) is 4.15. The van der Waals surface area contributed by atoms with Crippen LogP contribution in [-0.4, -0.2) is 19.9 Å². The molecule has 96 valence electrons. The van der Waals surface area contributed by atoms with Crippen molar-refractivity contribution in [2.45, 2.75) is 32.9 Å². The monoisotopic (exact) mass is 265 g/mol. The van der Waals surface area contributed by atoms with Gasteiger partial charge in [-0.3, -0.25) is 0 Å². The maximum Gasteiger partial charge on any atom is 0.158 e. The Morgan fingerprint density at radius 3 is 2.44 bits per heavy atom. The molecule has 0 bridgehead atoms. The molecule has 0 aliphatic carbocycles. The number of hydrogen-bond donors (Lipinski definition) is 1. The van der Waals surface area contributed by atoms with Crippen LogP contribution in [0.15, 0.2) is 24.3 Å². The summed E-state index contributed by atoms with van der Waals surface area (Å²) in [6.07, 6.45) is 1.68. The van der Waals surface area contributed by atoms with E-state index in [0.29, 0.717) is 12.2 Å². The molecular weight excluding hydrogens is 250 g/mol. The topological polar surface area (TPSA) is 50.9 Å². The van der Waals surface area contributed by atoms with Crippen molar-refractivity contribution in [1.29, 1.82) is 0 Å². The second-order valence-corrected chi connectivity index (χ2v) is 4.58. The summed E-state index contributed by atoms with van der Waals surface area (Å²) in [5.41, 5.74) is 1.13. The lowest BCUT2D eigenvalue weighted by atomic mass is 10.1. The lowest BCUT2D eigenvalue weighted by Gasteiger charge is -2.07. The molecule has 18 heavy (non-hydrogen) atoms. The summed E-state index contributed by atoms with van der Waals surface area (Å²) in [5.74, 6) is 1.50. The summed E-state index contributed by atoms with van der Waals surface area (Å²) < 4.78 is 1.98. The zero-order valence-corrected chi connectivity index (χ0v) is 11.1. The Morgan fingerprint density at radius 1 is 1.17 bits per heavy atom. The fourth-order valence-electron chi connectivity index (χ4n) is 1.89. The Balaban J connectivity index is 2.22. The van der Waals surface area contributed by atoms with Gasteiger partial charge in [-0.15, -0.1) is 10.2 Å². The van der Waals surface area contributed by atoms with E-state index in [1.54, 1.807) is 0 Å². The maximum atomic E-state index is 9.22. The molecule has 1 aromatic carbocycles. The molecule has 0 radical (unpaired) electrons. The molecule has 4 nitrogen and oxygen atoms in total. The molecule has 0 aliphatic heterocycles. The van der Waals surface area contributed by atoms with Crippen molar-refractivity contribution in [3.05, 3.63) is 46.5 Å². The highest BCUT2D eigenvalue weighted by atomic mass is 35.5. The summed E-state index contributed by atoms with van der Waals surface area (Å²) in [5, 5.41) is 18.1. The predicted molar refractivity (Wildman–Crippen MR) is 70.5 cm³/mol. The minimum Gasteiger partial charge on any atom is -0.388 e. The highest BCUT2D eigenvalue weighted by molar-refractivity contribution is 6.30. The molecule has 5 heteroatoms. The maximum absolute atomic E-state index is 9.22. The van der Waals surface area contributed by atoms with Crippen molar-refractivity contribution in [2.75, 3.05) is 0 Å². The van der Waals surface area contributed by atoms with Crippen molar-refractivity contribution >= 4 is 11.6 Å². The number of nitrogens with zero attached hydrogens (tertiary/aromatic N) is 3. The van der Waals surface area contributed by atoms with Gasteiger partial charge in [-0.1, -0.05) is 30.7 Å². The lowest BCUT2D eigenvalue weighted by molar-refractivity contribution is 0.264. The van der Waals surface area contributed by atoms with Crippen molar-refractivity contribution in [1.82, 2.24) is 14.8 Å². The van der Waals surface area contributed by atoms with Gasteiger partial charge in [-0.2, -0.15) is 0 Å². The van der Waals surface area contributed by atoms with Crippen LogP contribution < -0.4 is 0 Å². The normalized spacial score (nSPS) is 10.8. The van der Waals surface area contributed by atoms with Crippen LogP contribution in [0.5, 0.6) is 0 Å². The first-order valence-corrected chi connectivity index (χ1v) is 6.38. The molecule has 0 aliphatic rings. The van der Waals surface area contributed by atoms with Crippen LogP contribution in [0.1, 0.15) is 30.6 Å². The molecule has 0 saturated heterocycles. The first-order chi connectivity index (χ1) is 8.74. The van der Waals surface area contributed by atoms with E-state index in [4.69, 9.17) is 11.6 Å². The molecule has 0 fully saturated rings. The Labute approximate surface area is 111 Å². The highest BCUT2D eigenvalue weighted by Gasteiger charge is 2.10. The van der Waals surface area contributed by atoms with E-state index in [1.807, 2.05) is 28.8 Å². The van der Waals surface area contributed by atoms with Gasteiger partial charge in [0.05, 0.1) is 0 Å². The van der Waals surface area contributed by atoms with Crippen molar-refractivity contribution in [3.63, 3.8) is 0 Å². The first kappa shape index (κ1) is 13.1. The predicted octanol–water partition coefficient (Wildman–Crippen LogP) is 2.42. The van der Waals surface area contributed by atoms with Gasteiger partial charge in [0.15, 0.2) is 5.82 Å². The van der Waals surface area contributed by atoms with Gasteiger partial charge in [0.25, 0.3) is 0 Å². The van der Waals surface area contributed by atoms with Crippen molar-refractivity contribution < 1.29 is 5.11 Å². The third-order valence-electron chi connectivity index (χ3n) is 2.77. The third kappa shape index (κ3) is 2.89. The van der Waals surface area contributed by atoms with Gasteiger partial charge in [0.1, 0.15) is 12.4 Å². The van der Waals surface area contributed by atoms with Crippen LogP contribution in [0, 0.1) is 0 Å². The van der Waals surface area contributed by atoms with Crippen molar-refractivity contribution in [2.24, 2.45) is 0 Å². The zero-order valence-electron chi connectivity index (χ0n) is 10.3. The molecule has 0 atom stereocenters. The molecule has 0 amide bonds. The number of benzene rings is 1. The lowest BCUT2D eigenvalue weighted by Crippen LogP contribution is -2.08. The smallest absolute Gasteiger partial charge is 0.158 e. The quantitative estimate of drug-likeness (QED) is 0.903. The number of aromatic nitrogens is 3. The molecule has 0 spiro atoms. The van der Waals surface area contributed by atoms with E-state index in [2.05, 4.69) is 17.1 Å².